The number of aromatic amines is 1. The normalized spacial score (nSPS) is 19.7. The Labute approximate surface area is 222 Å². The molecule has 1 atom stereocenters. The van der Waals surface area contributed by atoms with Crippen LogP contribution < -0.4 is 4.74 Å². The van der Waals surface area contributed by atoms with Crippen LogP contribution in [0.5, 0.6) is 5.75 Å². The Kier molecular flexibility index (Phi) is 8.53. The number of amides is 1. The summed E-state index contributed by atoms with van der Waals surface area (Å²) in [6.45, 7) is 11.3. The molecular weight excluding hydrogens is 490 g/mol. The van der Waals surface area contributed by atoms with Crippen molar-refractivity contribution >= 4 is 23.4 Å². The molecule has 38 heavy (non-hydrogen) atoms. The zero-order valence-corrected chi connectivity index (χ0v) is 22.3. The average molecular weight is 526 g/mol. The first-order valence-corrected chi connectivity index (χ1v) is 13.0. The van der Waals surface area contributed by atoms with Gasteiger partial charge in [0.2, 0.25) is 0 Å². The monoisotopic (exact) mass is 525 g/mol. The van der Waals surface area contributed by atoms with E-state index in [-0.39, 0.29) is 23.6 Å². The van der Waals surface area contributed by atoms with E-state index in [0.717, 1.165) is 13.1 Å². The first kappa shape index (κ1) is 27.4. The van der Waals surface area contributed by atoms with Crippen molar-refractivity contribution in [3.63, 3.8) is 0 Å². The number of benzene rings is 1. The second-order valence-corrected chi connectivity index (χ2v) is 9.29. The van der Waals surface area contributed by atoms with Crippen LogP contribution in [0.1, 0.15) is 52.8 Å². The molecule has 2 saturated heterocycles. The first-order chi connectivity index (χ1) is 18.3. The molecule has 2 N–H and O–H groups in total. The topological polar surface area (TPSA) is 121 Å². The molecule has 2 aromatic rings. The van der Waals surface area contributed by atoms with Gasteiger partial charge in [0, 0.05) is 37.4 Å². The van der Waals surface area contributed by atoms with Crippen molar-refractivity contribution in [3.05, 3.63) is 57.9 Å². The lowest BCUT2D eigenvalue weighted by Gasteiger charge is -2.31. The van der Waals surface area contributed by atoms with E-state index in [1.807, 2.05) is 6.92 Å². The van der Waals surface area contributed by atoms with E-state index >= 15 is 0 Å². The molecule has 10 nitrogen and oxygen atoms in total. The molecule has 2 fully saturated rings. The first-order valence-electron chi connectivity index (χ1n) is 13.0. The second kappa shape index (κ2) is 11.8. The molecule has 204 valence electrons. The van der Waals surface area contributed by atoms with Gasteiger partial charge >= 0.3 is 5.97 Å². The van der Waals surface area contributed by atoms with Crippen LogP contribution >= 0.6 is 0 Å². The molecule has 1 amide bonds. The van der Waals surface area contributed by atoms with Crippen molar-refractivity contribution in [1.82, 2.24) is 14.8 Å². The molecule has 0 spiro atoms. The zero-order chi connectivity index (χ0) is 27.4. The largest absolute Gasteiger partial charge is 0.507 e. The molecule has 1 aromatic heterocycles. The molecule has 0 radical (unpaired) electrons. The second-order valence-electron chi connectivity index (χ2n) is 9.29. The maximum Gasteiger partial charge on any atom is 0.355 e. The highest BCUT2D eigenvalue weighted by atomic mass is 16.5. The van der Waals surface area contributed by atoms with E-state index in [9.17, 15) is 19.5 Å². The van der Waals surface area contributed by atoms with Gasteiger partial charge in [-0.15, -0.1) is 0 Å². The van der Waals surface area contributed by atoms with E-state index in [2.05, 4.69) is 9.88 Å². The molecule has 10 heteroatoms. The lowest BCUT2D eigenvalue weighted by atomic mass is 9.94. The van der Waals surface area contributed by atoms with E-state index in [4.69, 9.17) is 14.2 Å². The number of likely N-dealkylation sites (tertiary alicyclic amines) is 1. The number of hydrogen-bond donors (Lipinski definition) is 2. The van der Waals surface area contributed by atoms with Gasteiger partial charge in [-0.1, -0.05) is 12.1 Å². The van der Waals surface area contributed by atoms with Crippen LogP contribution in [0.15, 0.2) is 29.8 Å². The molecule has 0 bridgehead atoms. The third-order valence-corrected chi connectivity index (χ3v) is 6.96. The fraction of sp³-hybridized carbons (Fsp3) is 0.464. The van der Waals surface area contributed by atoms with E-state index < -0.39 is 23.7 Å². The van der Waals surface area contributed by atoms with Gasteiger partial charge in [0.05, 0.1) is 38.0 Å². The summed E-state index contributed by atoms with van der Waals surface area (Å²) in [5.41, 5.74) is 2.12. The number of rotatable bonds is 9. The van der Waals surface area contributed by atoms with Gasteiger partial charge < -0.3 is 29.2 Å². The average Bonchev–Trinajstić information content (AvgIpc) is 3.35. The van der Waals surface area contributed by atoms with Crippen LogP contribution in [0.4, 0.5) is 0 Å². The Hall–Kier alpha value is -3.63. The highest BCUT2D eigenvalue weighted by Gasteiger charge is 2.46. The number of morpholine rings is 1. The number of aliphatic hydroxyl groups is 1. The zero-order valence-electron chi connectivity index (χ0n) is 22.3. The number of aromatic nitrogens is 1. The predicted octanol–water partition coefficient (Wildman–Crippen LogP) is 2.96. The lowest BCUT2D eigenvalue weighted by molar-refractivity contribution is -0.140. The number of carbonyl (C=O) groups excluding carboxylic acids is 3. The molecule has 3 heterocycles. The maximum absolute atomic E-state index is 13.4. The molecule has 0 aliphatic carbocycles. The van der Waals surface area contributed by atoms with Crippen LogP contribution in [-0.4, -0.2) is 90.2 Å². The maximum atomic E-state index is 13.4. The highest BCUT2D eigenvalue weighted by molar-refractivity contribution is 6.46. The van der Waals surface area contributed by atoms with Crippen molar-refractivity contribution < 1.29 is 33.7 Å². The number of ketones is 1. The Balaban J connectivity index is 1.78. The minimum atomic E-state index is -0.800. The predicted molar refractivity (Wildman–Crippen MR) is 140 cm³/mol. The number of aliphatic hydroxyl groups excluding tert-OH is 1. The number of nitrogens with zero attached hydrogens (tertiary/aromatic N) is 2. The Morgan fingerprint density at radius 3 is 2.39 bits per heavy atom. The minimum absolute atomic E-state index is 0.0123. The van der Waals surface area contributed by atoms with Crippen LogP contribution in [0.2, 0.25) is 0 Å². The molecule has 1 aromatic carbocycles. The Morgan fingerprint density at radius 2 is 1.76 bits per heavy atom. The molecule has 4 rings (SSSR count). The van der Waals surface area contributed by atoms with Crippen LogP contribution in [0.3, 0.4) is 0 Å². The molecule has 2 aliphatic heterocycles. The van der Waals surface area contributed by atoms with Crippen molar-refractivity contribution in [2.75, 3.05) is 52.6 Å². The summed E-state index contributed by atoms with van der Waals surface area (Å²) in [5, 5.41) is 11.6. The SMILES string of the molecule is CCOC(=O)c1[nH]c(C)c(C(O)=C2C(=O)C(=O)N(CCN3CCOCC3)C2c2ccc(OCC)cc2)c1C. The summed E-state index contributed by atoms with van der Waals surface area (Å²) < 4.78 is 16.1. The molecule has 1 unspecified atom stereocenters. The van der Waals surface area contributed by atoms with Crippen LogP contribution in [0, 0.1) is 13.8 Å². The smallest absolute Gasteiger partial charge is 0.355 e. The van der Waals surface area contributed by atoms with Crippen LogP contribution in [0.25, 0.3) is 5.76 Å². The number of ether oxygens (including phenoxy) is 3. The highest BCUT2D eigenvalue weighted by Crippen LogP contribution is 2.41. The van der Waals surface area contributed by atoms with Gasteiger partial charge in [-0.05, 0) is 51.0 Å². The number of esters is 1. The summed E-state index contributed by atoms with van der Waals surface area (Å²) in [4.78, 5) is 45.9. The Morgan fingerprint density at radius 1 is 1.08 bits per heavy atom. The fourth-order valence-electron chi connectivity index (χ4n) is 5.09. The summed E-state index contributed by atoms with van der Waals surface area (Å²) in [6, 6.07) is 6.38. The van der Waals surface area contributed by atoms with Gasteiger partial charge in [0.15, 0.2) is 0 Å². The number of H-pyrrole nitrogens is 1. The number of nitrogens with one attached hydrogen (secondary N) is 1. The summed E-state index contributed by atoms with van der Waals surface area (Å²) in [7, 11) is 0. The van der Waals surface area contributed by atoms with Gasteiger partial charge in [-0.3, -0.25) is 14.5 Å². The van der Waals surface area contributed by atoms with Crippen LogP contribution in [-0.2, 0) is 19.1 Å². The van der Waals surface area contributed by atoms with Gasteiger partial charge in [0.25, 0.3) is 11.7 Å². The number of Topliss-reactive ketones (excluding diaryl/α,β-unsaturated/α-hetero) is 1. The van der Waals surface area contributed by atoms with Gasteiger partial charge in [-0.25, -0.2) is 4.79 Å². The molecule has 2 aliphatic rings. The van der Waals surface area contributed by atoms with Crippen molar-refractivity contribution in [1.29, 1.82) is 0 Å². The molecular formula is C28H35N3O7. The van der Waals surface area contributed by atoms with E-state index in [1.165, 1.54) is 4.90 Å². The third-order valence-electron chi connectivity index (χ3n) is 6.96. The summed E-state index contributed by atoms with van der Waals surface area (Å²) in [5.74, 6) is -1.65. The number of aryl methyl sites for hydroxylation is 1. The van der Waals surface area contributed by atoms with Gasteiger partial charge in [0.1, 0.15) is 17.2 Å². The Bertz CT molecular complexity index is 1230. The minimum Gasteiger partial charge on any atom is -0.507 e. The van der Waals surface area contributed by atoms with Crippen molar-refractivity contribution in [3.8, 4) is 5.75 Å². The summed E-state index contributed by atoms with van der Waals surface area (Å²) >= 11 is 0. The van der Waals surface area contributed by atoms with Gasteiger partial charge in [-0.2, -0.15) is 0 Å². The molecule has 0 saturated carbocycles. The van der Waals surface area contributed by atoms with Crippen molar-refractivity contribution in [2.24, 2.45) is 0 Å². The standard InChI is InChI=1S/C28H35N3O7/c1-5-37-20-9-7-19(8-10-20)24-22(25(32)21-17(3)23(29-18(21)4)28(35)38-6-2)26(33)27(34)31(24)12-11-30-13-15-36-16-14-30/h7-10,24,29,32H,5-6,11-16H2,1-4H3. The fourth-order valence-corrected chi connectivity index (χ4v) is 5.09. The van der Waals surface area contributed by atoms with E-state index in [0.29, 0.717) is 61.0 Å². The third kappa shape index (κ3) is 5.32. The number of hydrogen-bond acceptors (Lipinski definition) is 8. The number of carbonyl (C=O) groups is 3. The summed E-state index contributed by atoms with van der Waals surface area (Å²) in [6.07, 6.45) is 0. The van der Waals surface area contributed by atoms with Crippen molar-refractivity contribution in [2.45, 2.75) is 33.7 Å². The quantitative estimate of drug-likeness (QED) is 0.222. The van der Waals surface area contributed by atoms with E-state index in [1.54, 1.807) is 45.0 Å². The lowest BCUT2D eigenvalue weighted by Crippen LogP contribution is -2.42.